The Hall–Kier alpha value is -1.86. The maximum atomic E-state index is 12.7. The molecule has 0 radical (unpaired) electrons. The van der Waals surface area contributed by atoms with E-state index in [0.717, 1.165) is 18.4 Å². The van der Waals surface area contributed by atoms with Crippen molar-refractivity contribution >= 4 is 12.0 Å². The molecule has 1 rings (SSSR count). The maximum absolute atomic E-state index is 12.7. The molecule has 0 spiro atoms. The SMILES string of the molecule is CCCCC(=C=Cc1ccc(F)cc1)OC(C)=O. The zero-order valence-electron chi connectivity index (χ0n) is 10.7. The van der Waals surface area contributed by atoms with Gasteiger partial charge in [0.15, 0.2) is 0 Å². The molecule has 0 bridgehead atoms. The highest BCUT2D eigenvalue weighted by atomic mass is 19.1. The first kappa shape index (κ1) is 14.2. The molecule has 2 nitrogen and oxygen atoms in total. The Morgan fingerprint density at radius 1 is 1.39 bits per heavy atom. The molecule has 0 aromatic heterocycles. The Labute approximate surface area is 107 Å². The first-order valence-corrected chi connectivity index (χ1v) is 6.01. The zero-order chi connectivity index (χ0) is 13.4. The fourth-order valence-electron chi connectivity index (χ4n) is 1.39. The number of carbonyl (C=O) groups is 1. The van der Waals surface area contributed by atoms with Crippen molar-refractivity contribution in [2.75, 3.05) is 0 Å². The van der Waals surface area contributed by atoms with Crippen LogP contribution >= 0.6 is 0 Å². The summed E-state index contributed by atoms with van der Waals surface area (Å²) in [5, 5.41) is 0. The lowest BCUT2D eigenvalue weighted by atomic mass is 10.2. The molecule has 18 heavy (non-hydrogen) atoms. The second kappa shape index (κ2) is 7.46. The van der Waals surface area contributed by atoms with Gasteiger partial charge in [-0.3, -0.25) is 4.79 Å². The van der Waals surface area contributed by atoms with E-state index in [1.165, 1.54) is 19.1 Å². The lowest BCUT2D eigenvalue weighted by Crippen LogP contribution is -1.97. The van der Waals surface area contributed by atoms with Crippen LogP contribution in [-0.4, -0.2) is 5.97 Å². The van der Waals surface area contributed by atoms with Crippen LogP contribution in [0.3, 0.4) is 0 Å². The molecule has 1 aromatic rings. The van der Waals surface area contributed by atoms with Gasteiger partial charge in [-0.25, -0.2) is 4.39 Å². The summed E-state index contributed by atoms with van der Waals surface area (Å²) in [4.78, 5) is 10.9. The monoisotopic (exact) mass is 248 g/mol. The van der Waals surface area contributed by atoms with Crippen LogP contribution < -0.4 is 0 Å². The smallest absolute Gasteiger partial charge is 0.308 e. The number of allylic oxidation sites excluding steroid dienone is 1. The topological polar surface area (TPSA) is 26.3 Å². The van der Waals surface area contributed by atoms with Gasteiger partial charge in [0.05, 0.1) is 0 Å². The van der Waals surface area contributed by atoms with Crippen LogP contribution in [0, 0.1) is 5.82 Å². The van der Waals surface area contributed by atoms with Crippen molar-refractivity contribution in [3.8, 4) is 0 Å². The van der Waals surface area contributed by atoms with Crippen LogP contribution in [0.5, 0.6) is 0 Å². The number of esters is 1. The minimum Gasteiger partial charge on any atom is -0.423 e. The van der Waals surface area contributed by atoms with Gasteiger partial charge in [0, 0.05) is 13.3 Å². The third kappa shape index (κ3) is 5.46. The van der Waals surface area contributed by atoms with Gasteiger partial charge in [0.1, 0.15) is 11.6 Å². The van der Waals surface area contributed by atoms with E-state index in [1.54, 1.807) is 18.2 Å². The van der Waals surface area contributed by atoms with Gasteiger partial charge in [-0.1, -0.05) is 31.2 Å². The summed E-state index contributed by atoms with van der Waals surface area (Å²) in [6.07, 6.45) is 4.32. The Morgan fingerprint density at radius 3 is 2.61 bits per heavy atom. The molecule has 0 unspecified atom stereocenters. The van der Waals surface area contributed by atoms with Crippen molar-refractivity contribution in [1.82, 2.24) is 0 Å². The molecule has 0 N–H and O–H groups in total. The maximum Gasteiger partial charge on any atom is 0.308 e. The molecule has 3 heteroatoms. The molecular formula is C15H17FO2. The van der Waals surface area contributed by atoms with Gasteiger partial charge < -0.3 is 4.74 Å². The zero-order valence-corrected chi connectivity index (χ0v) is 10.7. The van der Waals surface area contributed by atoms with E-state index in [0.29, 0.717) is 12.2 Å². The number of hydrogen-bond donors (Lipinski definition) is 0. The van der Waals surface area contributed by atoms with Gasteiger partial charge in [-0.05, 0) is 30.2 Å². The molecule has 0 amide bonds. The Morgan fingerprint density at radius 2 is 2.06 bits per heavy atom. The summed E-state index contributed by atoms with van der Waals surface area (Å²) in [6, 6.07) is 6.05. The number of carbonyl (C=O) groups excluding carboxylic acids is 1. The fraction of sp³-hybridized carbons (Fsp3) is 0.333. The van der Waals surface area contributed by atoms with Gasteiger partial charge in [-0.2, -0.15) is 0 Å². The molecule has 0 atom stereocenters. The quantitative estimate of drug-likeness (QED) is 0.446. The van der Waals surface area contributed by atoms with E-state index < -0.39 is 0 Å². The Kier molecular flexibility index (Phi) is 5.89. The predicted molar refractivity (Wildman–Crippen MR) is 69.2 cm³/mol. The van der Waals surface area contributed by atoms with Crippen molar-refractivity contribution in [3.05, 3.63) is 47.1 Å². The van der Waals surface area contributed by atoms with E-state index in [2.05, 4.69) is 12.7 Å². The minimum atomic E-state index is -0.346. The first-order valence-electron chi connectivity index (χ1n) is 6.01. The van der Waals surface area contributed by atoms with Gasteiger partial charge in [0.25, 0.3) is 0 Å². The van der Waals surface area contributed by atoms with Crippen molar-refractivity contribution in [2.24, 2.45) is 0 Å². The fourth-order valence-corrected chi connectivity index (χ4v) is 1.39. The number of hydrogen-bond acceptors (Lipinski definition) is 2. The highest BCUT2D eigenvalue weighted by Crippen LogP contribution is 2.10. The van der Waals surface area contributed by atoms with Gasteiger partial charge in [0.2, 0.25) is 0 Å². The molecule has 0 saturated carbocycles. The van der Waals surface area contributed by atoms with Crippen molar-refractivity contribution in [3.63, 3.8) is 0 Å². The van der Waals surface area contributed by atoms with Crippen molar-refractivity contribution < 1.29 is 13.9 Å². The highest BCUT2D eigenvalue weighted by molar-refractivity contribution is 5.67. The summed E-state index contributed by atoms with van der Waals surface area (Å²) in [6.45, 7) is 3.43. The number of halogens is 1. The molecule has 0 aliphatic carbocycles. The van der Waals surface area contributed by atoms with E-state index in [1.807, 2.05) is 0 Å². The van der Waals surface area contributed by atoms with E-state index >= 15 is 0 Å². The summed E-state index contributed by atoms with van der Waals surface area (Å²) in [5.74, 6) is -0.0999. The highest BCUT2D eigenvalue weighted by Gasteiger charge is 2.00. The van der Waals surface area contributed by atoms with Crippen LogP contribution in [0.25, 0.3) is 6.08 Å². The van der Waals surface area contributed by atoms with Crippen molar-refractivity contribution in [1.29, 1.82) is 0 Å². The normalized spacial score (nSPS) is 9.50. The average Bonchev–Trinajstić information content (AvgIpc) is 2.34. The third-order valence-electron chi connectivity index (χ3n) is 2.29. The van der Waals surface area contributed by atoms with Gasteiger partial charge in [-0.15, -0.1) is 0 Å². The third-order valence-corrected chi connectivity index (χ3v) is 2.29. The second-order valence-electron chi connectivity index (χ2n) is 3.96. The molecule has 0 saturated heterocycles. The van der Waals surface area contributed by atoms with Crippen molar-refractivity contribution in [2.45, 2.75) is 33.1 Å². The molecule has 0 fully saturated rings. The number of rotatable bonds is 5. The van der Waals surface area contributed by atoms with Crippen LogP contribution in [0.1, 0.15) is 38.7 Å². The Bertz CT molecular complexity index is 454. The lowest BCUT2D eigenvalue weighted by Gasteiger charge is -2.02. The molecule has 0 aliphatic rings. The first-order chi connectivity index (χ1) is 8.61. The van der Waals surface area contributed by atoms with Crippen LogP contribution in [0.4, 0.5) is 4.39 Å². The summed E-state index contributed by atoms with van der Waals surface area (Å²) in [5.41, 5.74) is 3.76. The standard InChI is InChI=1S/C15H17FO2/c1-3-4-5-15(18-12(2)17)11-8-13-6-9-14(16)10-7-13/h6-10H,3-5H2,1-2H3. The summed E-state index contributed by atoms with van der Waals surface area (Å²) in [7, 11) is 0. The van der Waals surface area contributed by atoms with E-state index in [-0.39, 0.29) is 11.8 Å². The molecule has 0 aliphatic heterocycles. The molecule has 0 heterocycles. The van der Waals surface area contributed by atoms with Crippen LogP contribution in [-0.2, 0) is 9.53 Å². The summed E-state index contributed by atoms with van der Waals surface area (Å²) >= 11 is 0. The van der Waals surface area contributed by atoms with Gasteiger partial charge >= 0.3 is 5.97 Å². The van der Waals surface area contributed by atoms with E-state index in [9.17, 15) is 9.18 Å². The number of unbranched alkanes of at least 4 members (excludes halogenated alkanes) is 1. The number of ether oxygens (including phenoxy) is 1. The molecular weight excluding hydrogens is 231 g/mol. The van der Waals surface area contributed by atoms with E-state index in [4.69, 9.17) is 4.74 Å². The number of benzene rings is 1. The summed E-state index contributed by atoms with van der Waals surface area (Å²) < 4.78 is 17.8. The lowest BCUT2D eigenvalue weighted by molar-refractivity contribution is -0.137. The van der Waals surface area contributed by atoms with Crippen LogP contribution in [0.15, 0.2) is 35.8 Å². The largest absolute Gasteiger partial charge is 0.423 e. The Balaban J connectivity index is 2.84. The molecule has 96 valence electrons. The average molecular weight is 248 g/mol. The molecule has 1 aromatic carbocycles. The second-order valence-corrected chi connectivity index (χ2v) is 3.96. The minimum absolute atomic E-state index is 0.276. The predicted octanol–water partition coefficient (Wildman–Crippen LogP) is 4.08. The van der Waals surface area contributed by atoms with Crippen LogP contribution in [0.2, 0.25) is 0 Å².